The number of alkyl halides is 3. The van der Waals surface area contributed by atoms with Crippen LogP contribution in [0.3, 0.4) is 0 Å². The van der Waals surface area contributed by atoms with Crippen LogP contribution in [0.1, 0.15) is 18.7 Å². The fraction of sp³-hybridized carbons (Fsp3) is 0.455. The van der Waals surface area contributed by atoms with Crippen LogP contribution in [0.4, 0.5) is 13.2 Å². The Morgan fingerprint density at radius 2 is 2.17 bits per heavy atom. The summed E-state index contributed by atoms with van der Waals surface area (Å²) in [5.74, 6) is -0.502. The Balaban J connectivity index is 2.32. The minimum Gasteiger partial charge on any atom is -0.347 e. The van der Waals surface area contributed by atoms with Gasteiger partial charge in [0.25, 0.3) is 0 Å². The molecule has 0 radical (unpaired) electrons. The summed E-state index contributed by atoms with van der Waals surface area (Å²) in [5.41, 5.74) is 0.654. The Morgan fingerprint density at radius 3 is 2.72 bits per heavy atom. The summed E-state index contributed by atoms with van der Waals surface area (Å²) in [5, 5.41) is 4.58. The molecule has 1 aromatic heterocycles. The zero-order valence-electron chi connectivity index (χ0n) is 9.79. The second-order valence-electron chi connectivity index (χ2n) is 3.76. The van der Waals surface area contributed by atoms with E-state index >= 15 is 0 Å². The summed E-state index contributed by atoms with van der Waals surface area (Å²) >= 11 is 0. The lowest BCUT2D eigenvalue weighted by atomic mass is 10.2. The lowest BCUT2D eigenvalue weighted by Gasteiger charge is -2.14. The van der Waals surface area contributed by atoms with Gasteiger partial charge >= 0.3 is 6.18 Å². The normalized spacial score (nSPS) is 13.1. The minimum absolute atomic E-state index is 0.341. The van der Waals surface area contributed by atoms with E-state index in [1.54, 1.807) is 31.3 Å². The van der Waals surface area contributed by atoms with Crippen LogP contribution >= 0.6 is 0 Å². The molecule has 1 atom stereocenters. The molecular formula is C11H14F3N3O. The van der Waals surface area contributed by atoms with E-state index in [2.05, 4.69) is 10.3 Å². The van der Waals surface area contributed by atoms with Crippen molar-refractivity contribution in [2.45, 2.75) is 19.1 Å². The third kappa shape index (κ3) is 5.62. The van der Waals surface area contributed by atoms with Crippen molar-refractivity contribution < 1.29 is 18.0 Å². The first kappa shape index (κ1) is 14.4. The maximum Gasteiger partial charge on any atom is 0.401 e. The summed E-state index contributed by atoms with van der Waals surface area (Å²) in [6, 6.07) is 4.90. The first-order valence-corrected chi connectivity index (χ1v) is 5.36. The Bertz CT molecular complexity index is 381. The number of nitrogens with zero attached hydrogens (tertiary/aromatic N) is 1. The van der Waals surface area contributed by atoms with Crippen molar-refractivity contribution in [3.63, 3.8) is 0 Å². The highest BCUT2D eigenvalue weighted by atomic mass is 19.4. The first-order chi connectivity index (χ1) is 8.38. The molecule has 1 amide bonds. The molecule has 0 bridgehead atoms. The third-order valence-electron chi connectivity index (χ3n) is 2.12. The predicted octanol–water partition coefficient (Wildman–Crippen LogP) is 1.41. The van der Waals surface area contributed by atoms with Gasteiger partial charge in [-0.15, -0.1) is 0 Å². The number of amides is 1. The Morgan fingerprint density at radius 1 is 1.44 bits per heavy atom. The molecule has 0 aliphatic carbocycles. The van der Waals surface area contributed by atoms with E-state index in [0.29, 0.717) is 5.69 Å². The Kier molecular flexibility index (Phi) is 5.08. The van der Waals surface area contributed by atoms with Crippen LogP contribution in [-0.2, 0) is 4.79 Å². The van der Waals surface area contributed by atoms with Crippen LogP contribution in [0.15, 0.2) is 24.4 Å². The van der Waals surface area contributed by atoms with Crippen molar-refractivity contribution in [3.05, 3.63) is 30.1 Å². The molecule has 0 spiro atoms. The molecule has 0 aromatic carbocycles. The van der Waals surface area contributed by atoms with Crippen LogP contribution in [0.2, 0.25) is 0 Å². The Hall–Kier alpha value is -1.63. The molecule has 0 fully saturated rings. The zero-order chi connectivity index (χ0) is 13.6. The summed E-state index contributed by atoms with van der Waals surface area (Å²) in [6.45, 7) is 0.152. The SMILES string of the molecule is C[C@@H](NC(=O)CNCC(F)(F)F)c1ccccn1. The van der Waals surface area contributed by atoms with Gasteiger partial charge in [0.2, 0.25) is 5.91 Å². The summed E-state index contributed by atoms with van der Waals surface area (Å²) in [7, 11) is 0. The van der Waals surface area contributed by atoms with Crippen molar-refractivity contribution in [2.75, 3.05) is 13.1 Å². The predicted molar refractivity (Wildman–Crippen MR) is 59.7 cm³/mol. The van der Waals surface area contributed by atoms with E-state index in [9.17, 15) is 18.0 Å². The molecule has 1 heterocycles. The van der Waals surface area contributed by atoms with Gasteiger partial charge in [-0.25, -0.2) is 0 Å². The molecule has 100 valence electrons. The van der Waals surface area contributed by atoms with E-state index in [-0.39, 0.29) is 12.6 Å². The highest BCUT2D eigenvalue weighted by Gasteiger charge is 2.26. The molecule has 7 heteroatoms. The largest absolute Gasteiger partial charge is 0.401 e. The topological polar surface area (TPSA) is 54.0 Å². The van der Waals surface area contributed by atoms with Crippen LogP contribution in [0, 0.1) is 0 Å². The smallest absolute Gasteiger partial charge is 0.347 e. The number of hydrogen-bond donors (Lipinski definition) is 2. The van der Waals surface area contributed by atoms with Crippen molar-refractivity contribution in [1.82, 2.24) is 15.6 Å². The second-order valence-corrected chi connectivity index (χ2v) is 3.76. The number of nitrogens with one attached hydrogen (secondary N) is 2. The van der Waals surface area contributed by atoms with Crippen LogP contribution < -0.4 is 10.6 Å². The van der Waals surface area contributed by atoms with Gasteiger partial charge in [0.1, 0.15) is 0 Å². The van der Waals surface area contributed by atoms with Crippen molar-refractivity contribution in [1.29, 1.82) is 0 Å². The van der Waals surface area contributed by atoms with Gasteiger partial charge in [-0.2, -0.15) is 13.2 Å². The fourth-order valence-electron chi connectivity index (χ4n) is 1.32. The molecule has 18 heavy (non-hydrogen) atoms. The standard InChI is InChI=1S/C11H14F3N3O/c1-8(9-4-2-3-5-16-9)17-10(18)6-15-7-11(12,13)14/h2-5,8,15H,6-7H2,1H3,(H,17,18)/t8-/m1/s1. The van der Waals surface area contributed by atoms with Gasteiger partial charge in [-0.1, -0.05) is 6.07 Å². The van der Waals surface area contributed by atoms with Crippen LogP contribution in [-0.4, -0.2) is 30.2 Å². The van der Waals surface area contributed by atoms with Crippen LogP contribution in [0.5, 0.6) is 0 Å². The maximum absolute atomic E-state index is 11.8. The molecule has 2 N–H and O–H groups in total. The molecule has 0 aliphatic rings. The van der Waals surface area contributed by atoms with Gasteiger partial charge in [0.05, 0.1) is 24.8 Å². The fourth-order valence-corrected chi connectivity index (χ4v) is 1.32. The van der Waals surface area contributed by atoms with E-state index in [4.69, 9.17) is 0 Å². The zero-order valence-corrected chi connectivity index (χ0v) is 9.79. The molecule has 0 saturated carbocycles. The van der Waals surface area contributed by atoms with Crippen molar-refractivity contribution in [2.24, 2.45) is 0 Å². The lowest BCUT2D eigenvalue weighted by Crippen LogP contribution is -2.39. The molecule has 0 saturated heterocycles. The lowest BCUT2D eigenvalue weighted by molar-refractivity contribution is -0.128. The molecular weight excluding hydrogens is 247 g/mol. The summed E-state index contributed by atoms with van der Waals surface area (Å²) < 4.78 is 35.5. The number of rotatable bonds is 5. The minimum atomic E-state index is -4.31. The van der Waals surface area contributed by atoms with E-state index < -0.39 is 18.6 Å². The maximum atomic E-state index is 11.8. The molecule has 1 aromatic rings. The van der Waals surface area contributed by atoms with Gasteiger partial charge in [-0.05, 0) is 19.1 Å². The molecule has 0 aliphatic heterocycles. The average molecular weight is 261 g/mol. The van der Waals surface area contributed by atoms with Gasteiger partial charge in [0, 0.05) is 6.20 Å². The number of hydrogen-bond acceptors (Lipinski definition) is 3. The third-order valence-corrected chi connectivity index (χ3v) is 2.12. The monoisotopic (exact) mass is 261 g/mol. The van der Waals surface area contributed by atoms with E-state index in [0.717, 1.165) is 0 Å². The second kappa shape index (κ2) is 6.34. The summed E-state index contributed by atoms with van der Waals surface area (Å²) in [6.07, 6.45) is -2.73. The van der Waals surface area contributed by atoms with Crippen molar-refractivity contribution >= 4 is 5.91 Å². The first-order valence-electron chi connectivity index (χ1n) is 5.36. The average Bonchev–Trinajstić information content (AvgIpc) is 2.28. The molecule has 1 rings (SSSR count). The molecule has 0 unspecified atom stereocenters. The van der Waals surface area contributed by atoms with Gasteiger partial charge in [0.15, 0.2) is 0 Å². The number of carbonyl (C=O) groups is 1. The van der Waals surface area contributed by atoms with Gasteiger partial charge < -0.3 is 10.6 Å². The highest BCUT2D eigenvalue weighted by Crippen LogP contribution is 2.12. The summed E-state index contributed by atoms with van der Waals surface area (Å²) in [4.78, 5) is 15.4. The van der Waals surface area contributed by atoms with Crippen LogP contribution in [0.25, 0.3) is 0 Å². The number of carbonyl (C=O) groups excluding carboxylic acids is 1. The molecule has 4 nitrogen and oxygen atoms in total. The van der Waals surface area contributed by atoms with E-state index in [1.807, 2.05) is 5.32 Å². The van der Waals surface area contributed by atoms with Crippen molar-refractivity contribution in [3.8, 4) is 0 Å². The van der Waals surface area contributed by atoms with E-state index in [1.165, 1.54) is 0 Å². The number of halogens is 3. The highest BCUT2D eigenvalue weighted by molar-refractivity contribution is 5.78. The number of aromatic nitrogens is 1. The number of pyridine rings is 1. The Labute approximate surface area is 103 Å². The quantitative estimate of drug-likeness (QED) is 0.842. The van der Waals surface area contributed by atoms with Gasteiger partial charge in [-0.3, -0.25) is 9.78 Å².